The molecule has 0 aliphatic carbocycles. The minimum absolute atomic E-state index is 0. The van der Waals surface area contributed by atoms with Crippen LogP contribution in [0.2, 0.25) is 0 Å². The maximum absolute atomic E-state index is 5.28. The molecule has 0 fully saturated rings. The lowest BCUT2D eigenvalue weighted by atomic mass is 10.1. The highest BCUT2D eigenvalue weighted by atomic mass is 127. The highest BCUT2D eigenvalue weighted by Gasteiger charge is 2.09. The van der Waals surface area contributed by atoms with Gasteiger partial charge in [0.2, 0.25) is 5.89 Å². The van der Waals surface area contributed by atoms with Gasteiger partial charge in [-0.05, 0) is 43.7 Å². The minimum Gasteiger partial charge on any atom is -0.357 e. The van der Waals surface area contributed by atoms with Gasteiger partial charge in [-0.15, -0.1) is 35.7 Å². The minimum atomic E-state index is 0. The van der Waals surface area contributed by atoms with Crippen molar-refractivity contribution in [2.24, 2.45) is 4.99 Å². The number of aromatic nitrogens is 2. The highest BCUT2D eigenvalue weighted by Crippen LogP contribution is 2.22. The summed E-state index contributed by atoms with van der Waals surface area (Å²) in [5, 5.41) is 10.7. The standard InChI is InChI=1S/C20H31N5OS.HI/c1-6-21-20(23-13-16-10-9-15(4)12-17(16)27-5)22-11-7-8-18-24-19(14(2)3)25-26-18;/h9-10,12,14H,6-8,11,13H2,1-5H3,(H2,21,22,23);1H. The Bertz CT molecular complexity index is 748. The Balaban J connectivity index is 0.00000392. The number of aryl methyl sites for hydroxylation is 2. The summed E-state index contributed by atoms with van der Waals surface area (Å²) in [7, 11) is 0. The number of guanidine groups is 1. The fourth-order valence-corrected chi connectivity index (χ4v) is 3.24. The molecule has 0 aliphatic heterocycles. The molecule has 1 aromatic heterocycles. The highest BCUT2D eigenvalue weighted by molar-refractivity contribution is 14.0. The van der Waals surface area contributed by atoms with Crippen molar-refractivity contribution in [3.63, 3.8) is 0 Å². The zero-order valence-electron chi connectivity index (χ0n) is 17.4. The van der Waals surface area contributed by atoms with E-state index in [4.69, 9.17) is 9.52 Å². The summed E-state index contributed by atoms with van der Waals surface area (Å²) in [6.45, 7) is 10.6. The van der Waals surface area contributed by atoms with Crippen LogP contribution in [0.1, 0.15) is 56.0 Å². The van der Waals surface area contributed by atoms with E-state index >= 15 is 0 Å². The topological polar surface area (TPSA) is 75.3 Å². The molecule has 0 radical (unpaired) electrons. The van der Waals surface area contributed by atoms with Gasteiger partial charge < -0.3 is 15.2 Å². The fraction of sp³-hybridized carbons (Fsp3) is 0.550. The molecule has 8 heteroatoms. The number of rotatable bonds is 9. The van der Waals surface area contributed by atoms with Crippen molar-refractivity contribution in [1.29, 1.82) is 0 Å². The Morgan fingerprint density at radius 1 is 1.29 bits per heavy atom. The largest absolute Gasteiger partial charge is 0.357 e. The SMILES string of the molecule is CCNC(=NCc1ccc(C)cc1SC)NCCCc1nc(C(C)C)no1.I. The molecule has 28 heavy (non-hydrogen) atoms. The van der Waals surface area contributed by atoms with Crippen LogP contribution in [0.5, 0.6) is 0 Å². The molecule has 156 valence electrons. The van der Waals surface area contributed by atoms with Crippen LogP contribution in [0.25, 0.3) is 0 Å². The molecular formula is C20H32IN5OS. The van der Waals surface area contributed by atoms with Gasteiger partial charge in [0.1, 0.15) is 0 Å². The van der Waals surface area contributed by atoms with Crippen LogP contribution >= 0.6 is 35.7 Å². The van der Waals surface area contributed by atoms with Gasteiger partial charge in [-0.1, -0.05) is 31.1 Å². The van der Waals surface area contributed by atoms with Crippen LogP contribution < -0.4 is 10.6 Å². The van der Waals surface area contributed by atoms with Crippen molar-refractivity contribution < 1.29 is 4.52 Å². The van der Waals surface area contributed by atoms with Crippen molar-refractivity contribution in [2.75, 3.05) is 19.3 Å². The van der Waals surface area contributed by atoms with Crippen LogP contribution in [0, 0.1) is 6.92 Å². The van der Waals surface area contributed by atoms with Crippen LogP contribution in [-0.2, 0) is 13.0 Å². The number of benzene rings is 1. The average Bonchev–Trinajstić information content (AvgIpc) is 3.13. The lowest BCUT2D eigenvalue weighted by molar-refractivity contribution is 0.368. The van der Waals surface area contributed by atoms with E-state index in [0.29, 0.717) is 18.4 Å². The molecule has 0 saturated heterocycles. The maximum atomic E-state index is 5.28. The Kier molecular flexibility index (Phi) is 11.5. The van der Waals surface area contributed by atoms with E-state index in [2.05, 4.69) is 72.9 Å². The lowest BCUT2D eigenvalue weighted by Gasteiger charge is -2.12. The van der Waals surface area contributed by atoms with Crippen molar-refractivity contribution >= 4 is 41.7 Å². The Labute approximate surface area is 189 Å². The summed E-state index contributed by atoms with van der Waals surface area (Å²) in [4.78, 5) is 10.4. The van der Waals surface area contributed by atoms with Crippen molar-refractivity contribution in [2.45, 2.75) is 57.9 Å². The molecule has 0 spiro atoms. The number of hydrogen-bond donors (Lipinski definition) is 2. The van der Waals surface area contributed by atoms with Gasteiger partial charge in [0.25, 0.3) is 0 Å². The van der Waals surface area contributed by atoms with Gasteiger partial charge in [0.05, 0.1) is 6.54 Å². The number of nitrogens with one attached hydrogen (secondary N) is 2. The Morgan fingerprint density at radius 3 is 2.71 bits per heavy atom. The molecule has 2 N–H and O–H groups in total. The van der Waals surface area contributed by atoms with Crippen molar-refractivity contribution in [3.05, 3.63) is 41.0 Å². The lowest BCUT2D eigenvalue weighted by Crippen LogP contribution is -2.37. The summed E-state index contributed by atoms with van der Waals surface area (Å²) < 4.78 is 5.28. The van der Waals surface area contributed by atoms with E-state index in [9.17, 15) is 0 Å². The third-order valence-electron chi connectivity index (χ3n) is 4.05. The summed E-state index contributed by atoms with van der Waals surface area (Å²) in [5.74, 6) is 2.60. The number of halogens is 1. The fourth-order valence-electron chi connectivity index (χ4n) is 2.54. The van der Waals surface area contributed by atoms with E-state index < -0.39 is 0 Å². The number of hydrogen-bond acceptors (Lipinski definition) is 5. The molecule has 0 atom stereocenters. The summed E-state index contributed by atoms with van der Waals surface area (Å²) >= 11 is 1.76. The Morgan fingerprint density at radius 2 is 2.07 bits per heavy atom. The molecule has 1 heterocycles. The van der Waals surface area contributed by atoms with E-state index in [-0.39, 0.29) is 24.0 Å². The van der Waals surface area contributed by atoms with Crippen LogP contribution in [0.15, 0.2) is 32.6 Å². The first-order valence-electron chi connectivity index (χ1n) is 9.51. The van der Waals surface area contributed by atoms with Crippen LogP contribution in [0.3, 0.4) is 0 Å². The first kappa shape index (κ1) is 24.7. The Hall–Kier alpha value is -1.29. The predicted octanol–water partition coefficient (Wildman–Crippen LogP) is 4.53. The quantitative estimate of drug-likeness (QED) is 0.167. The number of thioether (sulfide) groups is 1. The van der Waals surface area contributed by atoms with Crippen LogP contribution in [0.4, 0.5) is 0 Å². The van der Waals surface area contributed by atoms with E-state index in [1.807, 2.05) is 0 Å². The predicted molar refractivity (Wildman–Crippen MR) is 128 cm³/mol. The van der Waals surface area contributed by atoms with Crippen molar-refractivity contribution in [1.82, 2.24) is 20.8 Å². The second-order valence-electron chi connectivity index (χ2n) is 6.74. The zero-order valence-corrected chi connectivity index (χ0v) is 20.6. The number of aliphatic imine (C=N–C) groups is 1. The van der Waals surface area contributed by atoms with E-state index in [0.717, 1.165) is 37.7 Å². The molecule has 6 nitrogen and oxygen atoms in total. The molecule has 0 unspecified atom stereocenters. The average molecular weight is 517 g/mol. The number of nitrogens with zero attached hydrogens (tertiary/aromatic N) is 3. The summed E-state index contributed by atoms with van der Waals surface area (Å²) in [6.07, 6.45) is 3.78. The molecule has 2 rings (SSSR count). The first-order valence-corrected chi connectivity index (χ1v) is 10.7. The zero-order chi connectivity index (χ0) is 19.6. The molecule has 2 aromatic rings. The van der Waals surface area contributed by atoms with Gasteiger partial charge in [-0.25, -0.2) is 4.99 Å². The van der Waals surface area contributed by atoms with Gasteiger partial charge in [0.15, 0.2) is 11.8 Å². The summed E-state index contributed by atoms with van der Waals surface area (Å²) in [6, 6.07) is 6.52. The molecule has 0 saturated carbocycles. The van der Waals surface area contributed by atoms with Gasteiger partial charge in [-0.2, -0.15) is 4.98 Å². The second kappa shape index (κ2) is 13.0. The monoisotopic (exact) mass is 517 g/mol. The third kappa shape index (κ3) is 7.98. The van der Waals surface area contributed by atoms with Gasteiger partial charge in [0, 0.05) is 30.3 Å². The molecular weight excluding hydrogens is 485 g/mol. The van der Waals surface area contributed by atoms with Crippen LogP contribution in [-0.4, -0.2) is 35.4 Å². The molecule has 0 bridgehead atoms. The molecule has 0 aliphatic rings. The molecule has 1 aromatic carbocycles. The first-order chi connectivity index (χ1) is 13.0. The van der Waals surface area contributed by atoms with E-state index in [1.165, 1.54) is 16.0 Å². The van der Waals surface area contributed by atoms with Gasteiger partial charge >= 0.3 is 0 Å². The van der Waals surface area contributed by atoms with Crippen molar-refractivity contribution in [3.8, 4) is 0 Å². The summed E-state index contributed by atoms with van der Waals surface area (Å²) in [5.41, 5.74) is 2.52. The second-order valence-corrected chi connectivity index (χ2v) is 7.59. The normalized spacial score (nSPS) is 11.4. The molecule has 0 amide bonds. The maximum Gasteiger partial charge on any atom is 0.226 e. The van der Waals surface area contributed by atoms with E-state index in [1.54, 1.807) is 11.8 Å². The third-order valence-corrected chi connectivity index (χ3v) is 4.87. The smallest absolute Gasteiger partial charge is 0.226 e. The van der Waals surface area contributed by atoms with Gasteiger partial charge in [-0.3, -0.25) is 0 Å².